The summed E-state index contributed by atoms with van der Waals surface area (Å²) in [5.74, 6) is -0.431. The van der Waals surface area contributed by atoms with Gasteiger partial charge >= 0.3 is 0 Å². The number of carbonyl (C=O) groups is 2. The lowest BCUT2D eigenvalue weighted by Crippen LogP contribution is -2.27. The molecule has 3 rings (SSSR count). The summed E-state index contributed by atoms with van der Waals surface area (Å²) < 4.78 is 5.77. The maximum Gasteiger partial charge on any atom is 0.270 e. The molecule has 0 spiro atoms. The molecule has 0 atom stereocenters. The van der Waals surface area contributed by atoms with Crippen molar-refractivity contribution in [3.8, 4) is 5.75 Å². The van der Waals surface area contributed by atoms with E-state index in [0.29, 0.717) is 36.3 Å². The number of hydrogen-bond donors (Lipinski definition) is 1. The van der Waals surface area contributed by atoms with Gasteiger partial charge in [-0.25, -0.2) is 0 Å². The van der Waals surface area contributed by atoms with Crippen LogP contribution in [0.15, 0.2) is 47.4 Å². The molecule has 2 aromatic rings. The summed E-state index contributed by atoms with van der Waals surface area (Å²) in [6, 6.07) is 11.9. The molecule has 0 aliphatic carbocycles. The van der Waals surface area contributed by atoms with Gasteiger partial charge in [0.05, 0.1) is 20.6 Å². The standard InChI is InChI=1S/C18H12Cl2N2O3S2/c19-12-6-5-11(8-13(12)20)22-17(24)15(27-18(22)26)7-10-3-1-2-4-14(10)25-9-16(21)23/h1-8H,9H2,(H2,21,23)/b15-7-. The van der Waals surface area contributed by atoms with Gasteiger partial charge in [0, 0.05) is 5.56 Å². The van der Waals surface area contributed by atoms with Crippen molar-refractivity contribution in [3.05, 3.63) is 63.0 Å². The maximum atomic E-state index is 12.9. The molecular weight excluding hydrogens is 427 g/mol. The van der Waals surface area contributed by atoms with Crippen LogP contribution in [0.1, 0.15) is 5.56 Å². The van der Waals surface area contributed by atoms with E-state index in [1.54, 1.807) is 48.5 Å². The van der Waals surface area contributed by atoms with Crippen molar-refractivity contribution in [2.24, 2.45) is 5.73 Å². The number of halogens is 2. The van der Waals surface area contributed by atoms with Gasteiger partial charge in [0.1, 0.15) is 5.75 Å². The number of rotatable bonds is 5. The van der Waals surface area contributed by atoms with Crippen molar-refractivity contribution in [2.75, 3.05) is 11.5 Å². The first-order valence-corrected chi connectivity index (χ1v) is 9.58. The Kier molecular flexibility index (Phi) is 6.06. The molecule has 2 aromatic carbocycles. The van der Waals surface area contributed by atoms with Gasteiger partial charge in [-0.1, -0.05) is 65.4 Å². The predicted molar refractivity (Wildman–Crippen MR) is 113 cm³/mol. The summed E-state index contributed by atoms with van der Waals surface area (Å²) in [4.78, 5) is 25.6. The van der Waals surface area contributed by atoms with Crippen LogP contribution in [0, 0.1) is 0 Å². The minimum absolute atomic E-state index is 0.255. The molecule has 138 valence electrons. The van der Waals surface area contributed by atoms with Crippen LogP contribution in [0.25, 0.3) is 6.08 Å². The van der Waals surface area contributed by atoms with Gasteiger partial charge in [0.25, 0.3) is 11.8 Å². The Morgan fingerprint density at radius 3 is 2.67 bits per heavy atom. The Morgan fingerprint density at radius 1 is 1.22 bits per heavy atom. The number of nitrogens with two attached hydrogens (primary N) is 1. The van der Waals surface area contributed by atoms with E-state index in [-0.39, 0.29) is 12.5 Å². The summed E-state index contributed by atoms with van der Waals surface area (Å²) >= 11 is 18.5. The fourth-order valence-corrected chi connectivity index (χ4v) is 3.92. The smallest absolute Gasteiger partial charge is 0.270 e. The van der Waals surface area contributed by atoms with Crippen LogP contribution < -0.4 is 15.4 Å². The number of ether oxygens (including phenoxy) is 1. The van der Waals surface area contributed by atoms with Gasteiger partial charge < -0.3 is 10.5 Å². The van der Waals surface area contributed by atoms with Gasteiger partial charge in [-0.2, -0.15) is 0 Å². The zero-order valence-corrected chi connectivity index (χ0v) is 16.8. The number of para-hydroxylation sites is 1. The highest BCUT2D eigenvalue weighted by molar-refractivity contribution is 8.27. The second-order valence-corrected chi connectivity index (χ2v) is 7.90. The molecule has 2 N–H and O–H groups in total. The predicted octanol–water partition coefficient (Wildman–Crippen LogP) is 4.26. The molecule has 0 aromatic heterocycles. The molecule has 0 saturated carbocycles. The van der Waals surface area contributed by atoms with Crippen molar-refractivity contribution in [3.63, 3.8) is 0 Å². The number of hydrogen-bond acceptors (Lipinski definition) is 5. The monoisotopic (exact) mass is 438 g/mol. The lowest BCUT2D eigenvalue weighted by molar-refractivity contribution is -0.120. The normalized spacial score (nSPS) is 15.5. The number of benzene rings is 2. The second kappa shape index (κ2) is 8.31. The van der Waals surface area contributed by atoms with Gasteiger partial charge in [0.2, 0.25) is 0 Å². The van der Waals surface area contributed by atoms with Gasteiger partial charge in [-0.15, -0.1) is 0 Å². The van der Waals surface area contributed by atoms with Gasteiger partial charge in [-0.3, -0.25) is 14.5 Å². The highest BCUT2D eigenvalue weighted by atomic mass is 35.5. The molecular formula is C18H12Cl2N2O3S2. The Labute approximate surface area is 175 Å². The molecule has 27 heavy (non-hydrogen) atoms. The highest BCUT2D eigenvalue weighted by Crippen LogP contribution is 2.38. The summed E-state index contributed by atoms with van der Waals surface area (Å²) in [7, 11) is 0. The van der Waals surface area contributed by atoms with E-state index in [1.165, 1.54) is 4.90 Å². The fourth-order valence-electron chi connectivity index (χ4n) is 2.34. The van der Waals surface area contributed by atoms with Crippen molar-refractivity contribution in [1.82, 2.24) is 0 Å². The average Bonchev–Trinajstić information content (AvgIpc) is 2.90. The number of anilines is 1. The first-order chi connectivity index (χ1) is 12.9. The molecule has 2 amide bonds. The molecule has 1 aliphatic rings. The van der Waals surface area contributed by atoms with Gasteiger partial charge in [-0.05, 0) is 30.3 Å². The summed E-state index contributed by atoms with van der Waals surface area (Å²) in [6.07, 6.45) is 1.66. The first kappa shape index (κ1) is 19.7. The average molecular weight is 439 g/mol. The van der Waals surface area contributed by atoms with E-state index in [2.05, 4.69) is 0 Å². The zero-order chi connectivity index (χ0) is 19.6. The van der Waals surface area contributed by atoms with E-state index in [9.17, 15) is 9.59 Å². The van der Waals surface area contributed by atoms with Crippen molar-refractivity contribution >= 4 is 75.1 Å². The van der Waals surface area contributed by atoms with E-state index >= 15 is 0 Å². The third kappa shape index (κ3) is 4.44. The molecule has 1 aliphatic heterocycles. The first-order valence-electron chi connectivity index (χ1n) is 7.60. The number of thioether (sulfide) groups is 1. The molecule has 9 heteroatoms. The van der Waals surface area contributed by atoms with Crippen LogP contribution in [0.3, 0.4) is 0 Å². The number of thiocarbonyl (C=S) groups is 1. The topological polar surface area (TPSA) is 72.6 Å². The van der Waals surface area contributed by atoms with E-state index in [4.69, 9.17) is 45.9 Å². The van der Waals surface area contributed by atoms with Crippen LogP contribution in [0.5, 0.6) is 5.75 Å². The van der Waals surface area contributed by atoms with Crippen LogP contribution in [0.2, 0.25) is 10.0 Å². The van der Waals surface area contributed by atoms with Crippen LogP contribution in [-0.2, 0) is 9.59 Å². The van der Waals surface area contributed by atoms with E-state index in [0.717, 1.165) is 11.8 Å². The van der Waals surface area contributed by atoms with Crippen molar-refractivity contribution < 1.29 is 14.3 Å². The summed E-state index contributed by atoms with van der Waals surface area (Å²) in [5, 5.41) is 0.722. The van der Waals surface area contributed by atoms with Gasteiger partial charge in [0.15, 0.2) is 10.9 Å². The van der Waals surface area contributed by atoms with E-state index in [1.807, 2.05) is 0 Å². The summed E-state index contributed by atoms with van der Waals surface area (Å²) in [6.45, 7) is -0.255. The van der Waals surface area contributed by atoms with Crippen LogP contribution in [-0.4, -0.2) is 22.7 Å². The van der Waals surface area contributed by atoms with E-state index < -0.39 is 5.91 Å². The highest BCUT2D eigenvalue weighted by Gasteiger charge is 2.33. The maximum absolute atomic E-state index is 12.9. The van der Waals surface area contributed by atoms with Crippen molar-refractivity contribution in [1.29, 1.82) is 0 Å². The lowest BCUT2D eigenvalue weighted by Gasteiger charge is -2.15. The molecule has 5 nitrogen and oxygen atoms in total. The Hall–Kier alpha value is -2.06. The minimum Gasteiger partial charge on any atom is -0.483 e. The third-order valence-electron chi connectivity index (χ3n) is 3.53. The second-order valence-electron chi connectivity index (χ2n) is 5.41. The fraction of sp³-hybridized carbons (Fsp3) is 0.0556. The zero-order valence-electron chi connectivity index (χ0n) is 13.6. The van der Waals surface area contributed by atoms with Crippen LogP contribution in [0.4, 0.5) is 5.69 Å². The largest absolute Gasteiger partial charge is 0.483 e. The number of nitrogens with zero attached hydrogens (tertiary/aromatic N) is 1. The third-order valence-corrected chi connectivity index (χ3v) is 5.57. The minimum atomic E-state index is -0.587. The summed E-state index contributed by atoms with van der Waals surface area (Å²) in [5.41, 5.74) is 6.29. The lowest BCUT2D eigenvalue weighted by atomic mass is 10.2. The quantitative estimate of drug-likeness (QED) is 0.557. The molecule has 0 radical (unpaired) electrons. The number of carbonyl (C=O) groups excluding carboxylic acids is 2. The molecule has 1 saturated heterocycles. The van der Waals surface area contributed by atoms with Crippen LogP contribution >= 0.6 is 47.2 Å². The SMILES string of the molecule is NC(=O)COc1ccccc1/C=C1\SC(=S)N(c2ccc(Cl)c(Cl)c2)C1=O. The Morgan fingerprint density at radius 2 is 1.96 bits per heavy atom. The molecule has 0 unspecified atom stereocenters. The number of primary amides is 1. The Balaban J connectivity index is 1.91. The van der Waals surface area contributed by atoms with Crippen molar-refractivity contribution in [2.45, 2.75) is 0 Å². The molecule has 1 heterocycles. The molecule has 0 bridgehead atoms. The molecule has 1 fully saturated rings. The number of amides is 2. The Bertz CT molecular complexity index is 979.